The summed E-state index contributed by atoms with van der Waals surface area (Å²) in [6.45, 7) is 2.46. The molecule has 0 aromatic rings. The van der Waals surface area contributed by atoms with Crippen LogP contribution in [0.5, 0.6) is 0 Å². The summed E-state index contributed by atoms with van der Waals surface area (Å²) in [6.07, 6.45) is 0. The minimum Gasteiger partial charge on any atom is -0.271 e. The molecule has 0 rings (SSSR count). The van der Waals surface area contributed by atoms with Crippen molar-refractivity contribution in [2.24, 2.45) is 10.2 Å². The van der Waals surface area contributed by atoms with Gasteiger partial charge in [0.15, 0.2) is 0 Å². The van der Waals surface area contributed by atoms with E-state index in [4.69, 9.17) is 0 Å². The number of carbonyl (C=O) groups excluding carboxylic acids is 2. The first-order valence-electron chi connectivity index (χ1n) is 2.06. The number of carbonyl (C=O) groups is 2. The van der Waals surface area contributed by atoms with Crippen LogP contribution >= 0.6 is 0 Å². The van der Waals surface area contributed by atoms with Gasteiger partial charge in [0.1, 0.15) is 0 Å². The first-order chi connectivity index (χ1) is 3.63. The standard InChI is InChI=1S/C4H6N2O2/c1-3(7)5-6-4(2)8/h1-2H3/b6-5-. The molecule has 0 heterocycles. The highest BCUT2D eigenvalue weighted by molar-refractivity contribution is 5.78. The third-order valence-electron chi connectivity index (χ3n) is 0.332. The molecule has 0 aliphatic carbocycles. The Hall–Kier alpha value is -1.06. The van der Waals surface area contributed by atoms with Crippen molar-refractivity contribution >= 4 is 11.8 Å². The van der Waals surface area contributed by atoms with Crippen LogP contribution in [0.15, 0.2) is 10.2 Å². The van der Waals surface area contributed by atoms with Gasteiger partial charge in [0.2, 0.25) is 0 Å². The van der Waals surface area contributed by atoms with Crippen LogP contribution in [0, 0.1) is 0 Å². The Balaban J connectivity index is 3.67. The van der Waals surface area contributed by atoms with Gasteiger partial charge < -0.3 is 0 Å². The number of azo groups is 1. The average molecular weight is 114 g/mol. The predicted molar refractivity (Wildman–Crippen MR) is 26.2 cm³/mol. The molecule has 0 saturated carbocycles. The molecular formula is C4H6N2O2. The van der Waals surface area contributed by atoms with Gasteiger partial charge >= 0.3 is 0 Å². The van der Waals surface area contributed by atoms with Gasteiger partial charge in [-0.1, -0.05) is 0 Å². The molecule has 0 atom stereocenters. The third-order valence-corrected chi connectivity index (χ3v) is 0.332. The maximum atomic E-state index is 9.94. The second-order valence-electron chi connectivity index (χ2n) is 1.24. The minimum atomic E-state index is -0.458. The molecule has 2 amide bonds. The Labute approximate surface area is 46.6 Å². The lowest BCUT2D eigenvalue weighted by Gasteiger charge is -1.74. The summed E-state index contributed by atoms with van der Waals surface area (Å²) in [5.41, 5.74) is 0. The molecule has 0 fully saturated rings. The molecule has 4 heteroatoms. The second-order valence-corrected chi connectivity index (χ2v) is 1.24. The van der Waals surface area contributed by atoms with Gasteiger partial charge in [0, 0.05) is 13.8 Å². The summed E-state index contributed by atoms with van der Waals surface area (Å²) < 4.78 is 0. The second kappa shape index (κ2) is 3.01. The van der Waals surface area contributed by atoms with E-state index >= 15 is 0 Å². The molecule has 0 saturated heterocycles. The molecule has 0 spiro atoms. The van der Waals surface area contributed by atoms with E-state index in [1.165, 1.54) is 13.8 Å². The molecule has 8 heavy (non-hydrogen) atoms. The molecular weight excluding hydrogens is 108 g/mol. The van der Waals surface area contributed by atoms with Crippen LogP contribution in [0.3, 0.4) is 0 Å². The van der Waals surface area contributed by atoms with Crippen LogP contribution in [0.25, 0.3) is 0 Å². The van der Waals surface area contributed by atoms with E-state index in [1.807, 2.05) is 0 Å². The first kappa shape index (κ1) is 6.94. The number of hydrogen-bond donors (Lipinski definition) is 0. The summed E-state index contributed by atoms with van der Waals surface area (Å²) in [6, 6.07) is 0. The fourth-order valence-electron chi connectivity index (χ4n) is 0.141. The van der Waals surface area contributed by atoms with E-state index in [-0.39, 0.29) is 0 Å². The van der Waals surface area contributed by atoms with Crippen molar-refractivity contribution in [3.63, 3.8) is 0 Å². The van der Waals surface area contributed by atoms with E-state index in [2.05, 4.69) is 10.2 Å². The zero-order valence-electron chi connectivity index (χ0n) is 4.71. The lowest BCUT2D eigenvalue weighted by Crippen LogP contribution is -1.84. The Bertz CT molecular complexity index is 123. The summed E-state index contributed by atoms with van der Waals surface area (Å²) in [7, 11) is 0. The summed E-state index contributed by atoms with van der Waals surface area (Å²) in [4.78, 5) is 19.9. The maximum Gasteiger partial charge on any atom is 0.261 e. The fraction of sp³-hybridized carbons (Fsp3) is 0.500. The van der Waals surface area contributed by atoms with Gasteiger partial charge in [-0.15, -0.1) is 10.2 Å². The van der Waals surface area contributed by atoms with Crippen molar-refractivity contribution in [3.8, 4) is 0 Å². The molecule has 0 bridgehead atoms. The highest BCUT2D eigenvalue weighted by atomic mass is 16.2. The largest absolute Gasteiger partial charge is 0.271 e. The summed E-state index contributed by atoms with van der Waals surface area (Å²) in [5, 5.41) is 5.92. The van der Waals surface area contributed by atoms with Crippen LogP contribution < -0.4 is 0 Å². The topological polar surface area (TPSA) is 58.9 Å². The zero-order valence-corrected chi connectivity index (χ0v) is 4.71. The molecule has 0 aliphatic rings. The molecule has 44 valence electrons. The quantitative estimate of drug-likeness (QED) is 0.431. The number of amides is 2. The fourth-order valence-corrected chi connectivity index (χ4v) is 0.141. The van der Waals surface area contributed by atoms with Crippen LogP contribution in [0.2, 0.25) is 0 Å². The SMILES string of the molecule is CC(=O)/N=N\C(C)=O. The van der Waals surface area contributed by atoms with Crippen LogP contribution in [0.1, 0.15) is 13.8 Å². The number of nitrogens with zero attached hydrogens (tertiary/aromatic N) is 2. The Morgan fingerprint density at radius 1 is 1.00 bits per heavy atom. The molecule has 0 aliphatic heterocycles. The lowest BCUT2D eigenvalue weighted by atomic mass is 10.7. The summed E-state index contributed by atoms with van der Waals surface area (Å²) >= 11 is 0. The van der Waals surface area contributed by atoms with Crippen molar-refractivity contribution in [1.82, 2.24) is 0 Å². The Kier molecular flexibility index (Phi) is 2.61. The van der Waals surface area contributed by atoms with Gasteiger partial charge in [-0.25, -0.2) is 0 Å². The average Bonchev–Trinajstić information content (AvgIpc) is 1.61. The third kappa shape index (κ3) is 4.94. The van der Waals surface area contributed by atoms with Crippen LogP contribution in [0.4, 0.5) is 0 Å². The van der Waals surface area contributed by atoms with E-state index < -0.39 is 11.8 Å². The van der Waals surface area contributed by atoms with Crippen LogP contribution in [-0.4, -0.2) is 11.8 Å². The predicted octanol–water partition coefficient (Wildman–Crippen LogP) is 0.532. The smallest absolute Gasteiger partial charge is 0.261 e. The Morgan fingerprint density at radius 2 is 1.25 bits per heavy atom. The van der Waals surface area contributed by atoms with Gasteiger partial charge in [-0.3, -0.25) is 9.59 Å². The van der Waals surface area contributed by atoms with Gasteiger partial charge in [-0.05, 0) is 0 Å². The van der Waals surface area contributed by atoms with Crippen molar-refractivity contribution < 1.29 is 9.59 Å². The van der Waals surface area contributed by atoms with Gasteiger partial charge in [-0.2, -0.15) is 0 Å². The van der Waals surface area contributed by atoms with E-state index in [0.717, 1.165) is 0 Å². The molecule has 0 aromatic carbocycles. The normalized spacial score (nSPS) is 9.75. The van der Waals surface area contributed by atoms with E-state index in [0.29, 0.717) is 0 Å². The lowest BCUT2D eigenvalue weighted by molar-refractivity contribution is -0.120. The monoisotopic (exact) mass is 114 g/mol. The maximum absolute atomic E-state index is 9.94. The molecule has 0 aromatic heterocycles. The van der Waals surface area contributed by atoms with Crippen molar-refractivity contribution in [3.05, 3.63) is 0 Å². The molecule has 0 N–H and O–H groups in total. The van der Waals surface area contributed by atoms with Crippen molar-refractivity contribution in [2.75, 3.05) is 0 Å². The molecule has 0 unspecified atom stereocenters. The van der Waals surface area contributed by atoms with E-state index in [9.17, 15) is 9.59 Å². The van der Waals surface area contributed by atoms with E-state index in [1.54, 1.807) is 0 Å². The highest BCUT2D eigenvalue weighted by Gasteiger charge is 1.85. The van der Waals surface area contributed by atoms with Gasteiger partial charge in [0.05, 0.1) is 0 Å². The number of rotatable bonds is 0. The van der Waals surface area contributed by atoms with Crippen molar-refractivity contribution in [2.45, 2.75) is 13.8 Å². The minimum absolute atomic E-state index is 0.458. The Morgan fingerprint density at radius 3 is 1.38 bits per heavy atom. The summed E-state index contributed by atoms with van der Waals surface area (Å²) in [5.74, 6) is -0.916. The molecule has 4 nitrogen and oxygen atoms in total. The first-order valence-corrected chi connectivity index (χ1v) is 2.06. The zero-order chi connectivity index (χ0) is 6.57. The van der Waals surface area contributed by atoms with Gasteiger partial charge in [0.25, 0.3) is 11.8 Å². The van der Waals surface area contributed by atoms with Crippen LogP contribution in [-0.2, 0) is 9.59 Å². The van der Waals surface area contributed by atoms with Crippen molar-refractivity contribution in [1.29, 1.82) is 0 Å². The number of hydrogen-bond acceptors (Lipinski definition) is 2. The highest BCUT2D eigenvalue weighted by Crippen LogP contribution is 1.76. The molecule has 0 radical (unpaired) electrons.